The molecular weight excluding hydrogens is 298 g/mol. The zero-order valence-electron chi connectivity index (χ0n) is 10.4. The predicted octanol–water partition coefficient (Wildman–Crippen LogP) is 2.50. The molecule has 20 heavy (non-hydrogen) atoms. The number of halogens is 1. The molecule has 0 aliphatic rings. The van der Waals surface area contributed by atoms with Crippen LogP contribution in [0.1, 0.15) is 10.4 Å². The molecule has 0 heterocycles. The Kier molecular flexibility index (Phi) is 4.54. The smallest absolute Gasteiger partial charge is 0.241 e. The van der Waals surface area contributed by atoms with Crippen LogP contribution in [0.5, 0.6) is 0 Å². The normalized spacial score (nSPS) is 11.2. The number of hydrogen-bond acceptors (Lipinski definition) is 3. The van der Waals surface area contributed by atoms with Gasteiger partial charge in [0.15, 0.2) is 5.78 Å². The van der Waals surface area contributed by atoms with E-state index in [1.54, 1.807) is 36.4 Å². The first kappa shape index (κ1) is 14.7. The molecule has 0 atom stereocenters. The maximum Gasteiger partial charge on any atom is 0.241 e. The maximum absolute atomic E-state index is 12.0. The van der Waals surface area contributed by atoms with E-state index in [1.165, 1.54) is 18.2 Å². The molecule has 2 aromatic carbocycles. The summed E-state index contributed by atoms with van der Waals surface area (Å²) in [6.07, 6.45) is 0. The molecule has 0 amide bonds. The third-order valence-corrected chi connectivity index (χ3v) is 4.26. The summed E-state index contributed by atoms with van der Waals surface area (Å²) in [5.41, 5.74) is 0.460. The Balaban J connectivity index is 2.09. The number of carbonyl (C=O) groups is 1. The molecule has 0 fully saturated rings. The Labute approximate surface area is 122 Å². The first-order valence-electron chi connectivity index (χ1n) is 5.82. The van der Waals surface area contributed by atoms with Gasteiger partial charge in [0.05, 0.1) is 11.4 Å². The lowest BCUT2D eigenvalue weighted by Gasteiger charge is -2.06. The SMILES string of the molecule is O=C(CNS(=O)(=O)c1cccc(Cl)c1)c1ccccc1. The number of sulfonamides is 1. The fraction of sp³-hybridized carbons (Fsp3) is 0.0714. The van der Waals surface area contributed by atoms with E-state index in [0.717, 1.165) is 0 Å². The molecule has 0 unspecified atom stereocenters. The van der Waals surface area contributed by atoms with Crippen LogP contribution in [0.4, 0.5) is 0 Å². The van der Waals surface area contributed by atoms with Crippen molar-refractivity contribution in [1.29, 1.82) is 0 Å². The number of ketones is 1. The highest BCUT2D eigenvalue weighted by Gasteiger charge is 2.16. The molecule has 4 nitrogen and oxygen atoms in total. The van der Waals surface area contributed by atoms with Gasteiger partial charge in [-0.15, -0.1) is 0 Å². The lowest BCUT2D eigenvalue weighted by molar-refractivity contribution is 0.0997. The summed E-state index contributed by atoms with van der Waals surface area (Å²) in [4.78, 5) is 11.9. The van der Waals surface area contributed by atoms with Crippen LogP contribution >= 0.6 is 11.6 Å². The number of rotatable bonds is 5. The number of Topliss-reactive ketones (excluding diaryl/α,β-unsaturated/α-hetero) is 1. The molecule has 0 aromatic heterocycles. The standard InChI is InChI=1S/C14H12ClNO3S/c15-12-7-4-8-13(9-12)20(18,19)16-10-14(17)11-5-2-1-3-6-11/h1-9,16H,10H2. The van der Waals surface area contributed by atoms with Crippen molar-refractivity contribution in [3.05, 3.63) is 65.2 Å². The molecule has 0 saturated heterocycles. The van der Waals surface area contributed by atoms with Crippen molar-refractivity contribution in [3.8, 4) is 0 Å². The van der Waals surface area contributed by atoms with Crippen LogP contribution in [-0.2, 0) is 10.0 Å². The molecule has 1 N–H and O–H groups in total. The molecule has 0 spiro atoms. The van der Waals surface area contributed by atoms with E-state index in [0.29, 0.717) is 10.6 Å². The molecular formula is C14H12ClNO3S. The molecule has 2 rings (SSSR count). The number of hydrogen-bond donors (Lipinski definition) is 1. The quantitative estimate of drug-likeness (QED) is 0.863. The lowest BCUT2D eigenvalue weighted by atomic mass is 10.1. The topological polar surface area (TPSA) is 63.2 Å². The summed E-state index contributed by atoms with van der Waals surface area (Å²) in [5, 5.41) is 0.322. The Bertz CT molecular complexity index is 714. The van der Waals surface area contributed by atoms with Gasteiger partial charge in [0.1, 0.15) is 0 Å². The average Bonchev–Trinajstić information content (AvgIpc) is 2.46. The van der Waals surface area contributed by atoms with Crippen molar-refractivity contribution in [2.45, 2.75) is 4.90 Å². The van der Waals surface area contributed by atoms with Crippen molar-refractivity contribution in [3.63, 3.8) is 0 Å². The van der Waals surface area contributed by atoms with Crippen molar-refractivity contribution >= 4 is 27.4 Å². The van der Waals surface area contributed by atoms with Gasteiger partial charge < -0.3 is 0 Å². The zero-order chi connectivity index (χ0) is 14.6. The van der Waals surface area contributed by atoms with E-state index in [-0.39, 0.29) is 17.2 Å². The van der Waals surface area contributed by atoms with E-state index < -0.39 is 10.0 Å². The second-order valence-corrected chi connectivity index (χ2v) is 6.27. The molecule has 0 bridgehead atoms. The fourth-order valence-corrected chi connectivity index (χ4v) is 2.89. The number of nitrogens with one attached hydrogen (secondary N) is 1. The first-order valence-corrected chi connectivity index (χ1v) is 7.68. The van der Waals surface area contributed by atoms with Gasteiger partial charge in [-0.25, -0.2) is 13.1 Å². The van der Waals surface area contributed by atoms with Crippen LogP contribution in [0, 0.1) is 0 Å². The summed E-state index contributed by atoms with van der Waals surface area (Å²) in [7, 11) is -3.74. The minimum atomic E-state index is -3.74. The third kappa shape index (κ3) is 3.66. The van der Waals surface area contributed by atoms with E-state index >= 15 is 0 Å². The molecule has 104 valence electrons. The highest BCUT2D eigenvalue weighted by molar-refractivity contribution is 7.89. The minimum absolute atomic E-state index is 0.0332. The van der Waals surface area contributed by atoms with E-state index in [2.05, 4.69) is 4.72 Å². The summed E-state index contributed by atoms with van der Waals surface area (Å²) in [6.45, 7) is -0.293. The van der Waals surface area contributed by atoms with Gasteiger partial charge in [0.2, 0.25) is 10.0 Å². The van der Waals surface area contributed by atoms with Gasteiger partial charge in [-0.1, -0.05) is 48.0 Å². The van der Waals surface area contributed by atoms with Crippen LogP contribution in [0.2, 0.25) is 5.02 Å². The monoisotopic (exact) mass is 309 g/mol. The van der Waals surface area contributed by atoms with Crippen LogP contribution in [0.3, 0.4) is 0 Å². The van der Waals surface area contributed by atoms with Gasteiger partial charge >= 0.3 is 0 Å². The van der Waals surface area contributed by atoms with Gasteiger partial charge in [-0.3, -0.25) is 4.79 Å². The number of carbonyl (C=O) groups excluding carboxylic acids is 1. The van der Waals surface area contributed by atoms with Gasteiger partial charge in [-0.2, -0.15) is 0 Å². The molecule has 0 aliphatic heterocycles. The second-order valence-electron chi connectivity index (χ2n) is 4.07. The minimum Gasteiger partial charge on any atom is -0.293 e. The van der Waals surface area contributed by atoms with Gasteiger partial charge in [-0.05, 0) is 18.2 Å². The van der Waals surface area contributed by atoms with E-state index in [1.807, 2.05) is 0 Å². The van der Waals surface area contributed by atoms with Crippen molar-refractivity contribution in [2.75, 3.05) is 6.54 Å². The van der Waals surface area contributed by atoms with E-state index in [9.17, 15) is 13.2 Å². The van der Waals surface area contributed by atoms with Crippen LogP contribution < -0.4 is 4.72 Å². The lowest BCUT2D eigenvalue weighted by Crippen LogP contribution is -2.29. The van der Waals surface area contributed by atoms with Crippen LogP contribution in [0.15, 0.2) is 59.5 Å². The Morgan fingerprint density at radius 3 is 2.40 bits per heavy atom. The van der Waals surface area contributed by atoms with Crippen molar-refractivity contribution in [1.82, 2.24) is 4.72 Å². The third-order valence-electron chi connectivity index (χ3n) is 2.62. The Morgan fingerprint density at radius 2 is 1.75 bits per heavy atom. The predicted molar refractivity (Wildman–Crippen MR) is 77.4 cm³/mol. The molecule has 0 saturated carbocycles. The van der Waals surface area contributed by atoms with E-state index in [4.69, 9.17) is 11.6 Å². The molecule has 6 heteroatoms. The first-order chi connectivity index (χ1) is 9.49. The largest absolute Gasteiger partial charge is 0.293 e. The Hall–Kier alpha value is -1.69. The number of benzene rings is 2. The van der Waals surface area contributed by atoms with Crippen LogP contribution in [-0.4, -0.2) is 20.7 Å². The molecule has 0 aliphatic carbocycles. The summed E-state index contributed by atoms with van der Waals surface area (Å²) in [5.74, 6) is -0.295. The fourth-order valence-electron chi connectivity index (χ4n) is 1.60. The maximum atomic E-state index is 12.0. The van der Waals surface area contributed by atoms with Crippen molar-refractivity contribution in [2.24, 2.45) is 0 Å². The summed E-state index contributed by atoms with van der Waals surface area (Å²) < 4.78 is 26.3. The summed E-state index contributed by atoms with van der Waals surface area (Å²) >= 11 is 5.75. The molecule has 0 radical (unpaired) electrons. The van der Waals surface area contributed by atoms with Crippen LogP contribution in [0.25, 0.3) is 0 Å². The molecule has 2 aromatic rings. The zero-order valence-corrected chi connectivity index (χ0v) is 12.0. The van der Waals surface area contributed by atoms with Crippen molar-refractivity contribution < 1.29 is 13.2 Å². The Morgan fingerprint density at radius 1 is 1.05 bits per heavy atom. The van der Waals surface area contributed by atoms with Gasteiger partial charge in [0, 0.05) is 10.6 Å². The highest BCUT2D eigenvalue weighted by atomic mass is 35.5. The summed E-state index contributed by atoms with van der Waals surface area (Å²) in [6, 6.07) is 14.4. The second kappa shape index (κ2) is 6.17. The highest BCUT2D eigenvalue weighted by Crippen LogP contribution is 2.15. The average molecular weight is 310 g/mol. The van der Waals surface area contributed by atoms with Gasteiger partial charge in [0.25, 0.3) is 0 Å².